The minimum atomic E-state index is -0.307. The molecule has 2 heterocycles. The number of methoxy groups -OCH3 is 1. The predicted octanol–water partition coefficient (Wildman–Crippen LogP) is 6.88. The fourth-order valence-electron chi connectivity index (χ4n) is 5.42. The number of nitrogens with zero attached hydrogens (tertiary/aromatic N) is 3. The van der Waals surface area contributed by atoms with Gasteiger partial charge in [0.15, 0.2) is 0 Å². The Bertz CT molecular complexity index is 1770. The van der Waals surface area contributed by atoms with Crippen LogP contribution in [0.15, 0.2) is 72.4 Å². The first kappa shape index (κ1) is 32.4. The number of halogens is 1. The summed E-state index contributed by atoms with van der Waals surface area (Å²) in [5, 5.41) is 17.0. The molecule has 2 N–H and O–H groups in total. The van der Waals surface area contributed by atoms with Crippen LogP contribution in [-0.4, -0.2) is 55.7 Å². The molecule has 3 aromatic carbocycles. The number of amides is 1. The van der Waals surface area contributed by atoms with Crippen LogP contribution >= 0.6 is 0 Å². The second kappa shape index (κ2) is 15.3. The number of pyridine rings is 1. The number of carbonyl (C=O) groups excluding carboxylic acids is 1. The molecule has 5 rings (SSSR count). The Morgan fingerprint density at radius 3 is 2.65 bits per heavy atom. The number of piperidine rings is 1. The van der Waals surface area contributed by atoms with Gasteiger partial charge in [-0.2, -0.15) is 5.26 Å². The van der Waals surface area contributed by atoms with Crippen LogP contribution in [-0.2, 0) is 16.1 Å². The van der Waals surface area contributed by atoms with Gasteiger partial charge in [-0.15, -0.1) is 0 Å². The van der Waals surface area contributed by atoms with Gasteiger partial charge in [0.1, 0.15) is 30.0 Å². The Labute approximate surface area is 268 Å². The largest absolute Gasteiger partial charge is 0.492 e. The molecule has 0 saturated carbocycles. The maximum absolute atomic E-state index is 13.6. The van der Waals surface area contributed by atoms with Gasteiger partial charge in [-0.25, -0.2) is 4.39 Å². The summed E-state index contributed by atoms with van der Waals surface area (Å²) >= 11 is 0. The lowest BCUT2D eigenvalue weighted by atomic mass is 10.0. The molecule has 1 aliphatic rings. The molecule has 4 aromatic rings. The number of nitriles is 1. The van der Waals surface area contributed by atoms with E-state index in [4.69, 9.17) is 14.2 Å². The first-order valence-corrected chi connectivity index (χ1v) is 15.3. The van der Waals surface area contributed by atoms with Gasteiger partial charge < -0.3 is 29.7 Å². The van der Waals surface area contributed by atoms with Crippen LogP contribution in [0, 0.1) is 24.1 Å². The average molecular weight is 624 g/mol. The van der Waals surface area contributed by atoms with Crippen molar-refractivity contribution >= 4 is 33.9 Å². The summed E-state index contributed by atoms with van der Waals surface area (Å²) in [6.07, 6.45) is 4.85. The Kier molecular flexibility index (Phi) is 10.8. The minimum absolute atomic E-state index is 0.232. The highest BCUT2D eigenvalue weighted by Crippen LogP contribution is 2.37. The number of nitrogens with one attached hydrogen (secondary N) is 2. The maximum Gasteiger partial charge on any atom is 0.248 e. The van der Waals surface area contributed by atoms with Gasteiger partial charge in [-0.1, -0.05) is 17.7 Å². The first-order valence-electron chi connectivity index (χ1n) is 15.3. The van der Waals surface area contributed by atoms with Crippen molar-refractivity contribution in [2.45, 2.75) is 33.3 Å². The number of rotatable bonds is 12. The summed E-state index contributed by atoms with van der Waals surface area (Å²) in [6, 6.07) is 17.7. The fourth-order valence-corrected chi connectivity index (χ4v) is 5.42. The van der Waals surface area contributed by atoms with E-state index in [0.717, 1.165) is 54.9 Å². The van der Waals surface area contributed by atoms with Crippen LogP contribution in [0.2, 0.25) is 0 Å². The van der Waals surface area contributed by atoms with Crippen molar-refractivity contribution < 1.29 is 23.4 Å². The number of ether oxygens (including phenoxy) is 3. The Balaban J connectivity index is 1.38. The molecule has 0 bridgehead atoms. The lowest BCUT2D eigenvalue weighted by Crippen LogP contribution is -2.33. The number of benzene rings is 3. The summed E-state index contributed by atoms with van der Waals surface area (Å²) in [6.45, 7) is 7.79. The van der Waals surface area contributed by atoms with Crippen molar-refractivity contribution in [2.24, 2.45) is 0 Å². The zero-order chi connectivity index (χ0) is 32.5. The Hall–Kier alpha value is -4.98. The highest BCUT2D eigenvalue weighted by molar-refractivity contribution is 6.05. The molecule has 1 amide bonds. The molecule has 0 unspecified atom stereocenters. The van der Waals surface area contributed by atoms with Crippen molar-refractivity contribution in [2.75, 3.05) is 50.6 Å². The Morgan fingerprint density at radius 2 is 1.93 bits per heavy atom. The number of aryl methyl sites for hydroxylation is 1. The number of hydrogen-bond acceptors (Lipinski definition) is 8. The molecule has 1 aromatic heterocycles. The second-order valence-electron chi connectivity index (χ2n) is 11.1. The average Bonchev–Trinajstić information content (AvgIpc) is 3.05. The number of likely N-dealkylation sites (tertiary alicyclic amines) is 1. The van der Waals surface area contributed by atoms with Crippen molar-refractivity contribution in [3.8, 4) is 17.6 Å². The van der Waals surface area contributed by atoms with Gasteiger partial charge >= 0.3 is 0 Å². The standard InChI is InChI=1S/C36H38FN5O4/c1-4-45-34-20-31-30(19-32(34)41-35(43)18-25-10-12-42(13-11-25)14-15-44-3)36(27(21-38)22-39-31)40-29-8-9-33(24(2)16-29)46-23-26-6-5-7-28(37)17-26/h5-9,16-20,22H,4,10-15,23H2,1-3H3,(H,39,40)(H,41,43). The third-order valence-electron chi connectivity index (χ3n) is 7.82. The SMILES string of the molecule is CCOc1cc2ncc(C#N)c(Nc3ccc(OCc4cccc(F)c4)c(C)c3)c2cc1NC(=O)C=C1CCN(CCOC)CC1. The summed E-state index contributed by atoms with van der Waals surface area (Å²) in [5.74, 6) is 0.619. The molecule has 10 heteroatoms. The highest BCUT2D eigenvalue weighted by Gasteiger charge is 2.18. The summed E-state index contributed by atoms with van der Waals surface area (Å²) in [4.78, 5) is 20.0. The van der Waals surface area contributed by atoms with Crippen LogP contribution in [0.5, 0.6) is 11.5 Å². The molecule has 1 aliphatic heterocycles. The molecular weight excluding hydrogens is 585 g/mol. The topological polar surface area (TPSA) is 109 Å². The molecule has 0 atom stereocenters. The van der Waals surface area contributed by atoms with E-state index in [9.17, 15) is 14.4 Å². The predicted molar refractivity (Wildman–Crippen MR) is 177 cm³/mol. The molecular formula is C36H38FN5O4. The zero-order valence-corrected chi connectivity index (χ0v) is 26.4. The molecule has 9 nitrogen and oxygen atoms in total. The van der Waals surface area contributed by atoms with Crippen LogP contribution in [0.3, 0.4) is 0 Å². The van der Waals surface area contributed by atoms with E-state index in [-0.39, 0.29) is 18.3 Å². The molecule has 0 aliphatic carbocycles. The fraction of sp³-hybridized carbons (Fsp3) is 0.306. The number of aromatic nitrogens is 1. The van der Waals surface area contributed by atoms with Gasteiger partial charge in [0.2, 0.25) is 5.91 Å². The monoisotopic (exact) mass is 623 g/mol. The van der Waals surface area contributed by atoms with Gasteiger partial charge in [-0.05, 0) is 74.2 Å². The van der Waals surface area contributed by atoms with Crippen molar-refractivity contribution in [1.29, 1.82) is 5.26 Å². The first-order chi connectivity index (χ1) is 22.4. The summed E-state index contributed by atoms with van der Waals surface area (Å²) < 4.78 is 30.6. The zero-order valence-electron chi connectivity index (χ0n) is 26.4. The van der Waals surface area contributed by atoms with Crippen LogP contribution < -0.4 is 20.1 Å². The highest BCUT2D eigenvalue weighted by atomic mass is 19.1. The van der Waals surface area contributed by atoms with Crippen molar-refractivity contribution in [1.82, 2.24) is 9.88 Å². The van der Waals surface area contributed by atoms with E-state index >= 15 is 0 Å². The normalized spacial score (nSPS) is 13.2. The van der Waals surface area contributed by atoms with Gasteiger partial charge in [0, 0.05) is 56.2 Å². The lowest BCUT2D eigenvalue weighted by molar-refractivity contribution is -0.112. The molecule has 1 saturated heterocycles. The van der Waals surface area contributed by atoms with Gasteiger partial charge in [-0.3, -0.25) is 9.78 Å². The number of fused-ring (bicyclic) bond motifs is 1. The van der Waals surface area contributed by atoms with E-state index in [0.29, 0.717) is 52.6 Å². The summed E-state index contributed by atoms with van der Waals surface area (Å²) in [7, 11) is 1.70. The molecule has 0 radical (unpaired) electrons. The maximum atomic E-state index is 13.6. The third kappa shape index (κ3) is 8.18. The quantitative estimate of drug-likeness (QED) is 0.164. The smallest absolute Gasteiger partial charge is 0.248 e. The van der Waals surface area contributed by atoms with E-state index in [1.807, 2.05) is 38.1 Å². The number of hydrogen-bond donors (Lipinski definition) is 2. The molecule has 1 fully saturated rings. The Morgan fingerprint density at radius 1 is 1.11 bits per heavy atom. The molecule has 238 valence electrons. The van der Waals surface area contributed by atoms with Crippen molar-refractivity contribution in [3.63, 3.8) is 0 Å². The van der Waals surface area contributed by atoms with E-state index < -0.39 is 0 Å². The molecule has 46 heavy (non-hydrogen) atoms. The number of carbonyl (C=O) groups is 1. The van der Waals surface area contributed by atoms with Crippen molar-refractivity contribution in [3.05, 3.63) is 95.0 Å². The van der Waals surface area contributed by atoms with Gasteiger partial charge in [0.25, 0.3) is 0 Å². The number of anilines is 3. The third-order valence-corrected chi connectivity index (χ3v) is 7.82. The second-order valence-corrected chi connectivity index (χ2v) is 11.1. The van der Waals surface area contributed by atoms with Crippen LogP contribution in [0.4, 0.5) is 21.5 Å². The van der Waals surface area contributed by atoms with Gasteiger partial charge in [0.05, 0.1) is 35.7 Å². The molecule has 0 spiro atoms. The van der Waals surface area contributed by atoms with Crippen LogP contribution in [0.25, 0.3) is 10.9 Å². The minimum Gasteiger partial charge on any atom is -0.492 e. The van der Waals surface area contributed by atoms with Crippen LogP contribution in [0.1, 0.15) is 36.5 Å². The lowest BCUT2D eigenvalue weighted by Gasteiger charge is -2.27. The van der Waals surface area contributed by atoms with E-state index in [1.165, 1.54) is 18.3 Å². The van der Waals surface area contributed by atoms with E-state index in [1.54, 1.807) is 31.4 Å². The van der Waals surface area contributed by atoms with E-state index in [2.05, 4.69) is 26.6 Å². The summed E-state index contributed by atoms with van der Waals surface area (Å²) in [5.41, 5.74) is 5.43.